The van der Waals surface area contributed by atoms with Crippen molar-refractivity contribution in [2.24, 2.45) is 0 Å². The lowest BCUT2D eigenvalue weighted by atomic mass is 10.1. The molecular weight excluding hydrogens is 399 g/mol. The third kappa shape index (κ3) is 3.54. The van der Waals surface area contributed by atoms with Gasteiger partial charge in [0.1, 0.15) is 17.0 Å². The Bertz CT molecular complexity index is 1390. The molecule has 31 heavy (non-hydrogen) atoms. The second-order valence-electron chi connectivity index (χ2n) is 6.97. The second-order valence-corrected chi connectivity index (χ2v) is 6.97. The molecule has 0 saturated heterocycles. The number of amides is 1. The normalized spacial score (nSPS) is 11.3. The number of anilines is 1. The van der Waals surface area contributed by atoms with E-state index in [9.17, 15) is 9.18 Å². The summed E-state index contributed by atoms with van der Waals surface area (Å²) in [5, 5.41) is 16.0. The number of aromatic amines is 1. The van der Waals surface area contributed by atoms with Crippen LogP contribution in [0.4, 0.5) is 10.2 Å². The van der Waals surface area contributed by atoms with Crippen LogP contribution in [0.3, 0.4) is 0 Å². The number of hydrogen-bond donors (Lipinski definition) is 3. The topological polar surface area (TPSA) is 127 Å². The minimum Gasteiger partial charge on any atom is -0.382 e. The largest absolute Gasteiger partial charge is 0.382 e. The van der Waals surface area contributed by atoms with E-state index in [-0.39, 0.29) is 11.6 Å². The van der Waals surface area contributed by atoms with Gasteiger partial charge in [-0.25, -0.2) is 14.4 Å². The van der Waals surface area contributed by atoms with E-state index in [4.69, 9.17) is 5.73 Å². The Kier molecular flexibility index (Phi) is 4.51. The van der Waals surface area contributed by atoms with Crippen molar-refractivity contribution in [1.82, 2.24) is 35.3 Å². The van der Waals surface area contributed by atoms with Crippen molar-refractivity contribution < 1.29 is 9.18 Å². The maximum atomic E-state index is 12.9. The van der Waals surface area contributed by atoms with Crippen molar-refractivity contribution in [2.75, 3.05) is 12.3 Å². The van der Waals surface area contributed by atoms with Crippen LogP contribution >= 0.6 is 0 Å². The Morgan fingerprint density at radius 3 is 2.87 bits per heavy atom. The minimum absolute atomic E-state index is 0.152. The zero-order chi connectivity index (χ0) is 21.4. The fourth-order valence-electron chi connectivity index (χ4n) is 3.43. The molecule has 0 aliphatic heterocycles. The van der Waals surface area contributed by atoms with Crippen LogP contribution in [-0.2, 0) is 6.54 Å². The van der Waals surface area contributed by atoms with Gasteiger partial charge in [-0.3, -0.25) is 14.6 Å². The first kappa shape index (κ1) is 18.7. The number of carbonyl (C=O) groups is 1. The van der Waals surface area contributed by atoms with E-state index in [1.54, 1.807) is 10.9 Å². The summed E-state index contributed by atoms with van der Waals surface area (Å²) < 4.78 is 14.6. The molecule has 1 amide bonds. The predicted octanol–water partition coefficient (Wildman–Crippen LogP) is 2.52. The highest BCUT2D eigenvalue weighted by Gasteiger charge is 2.13. The molecule has 4 N–H and O–H groups in total. The highest BCUT2D eigenvalue weighted by Crippen LogP contribution is 2.29. The number of fused-ring (bicyclic) bond motifs is 3. The molecule has 4 aromatic heterocycles. The molecule has 154 valence electrons. The fourth-order valence-corrected chi connectivity index (χ4v) is 3.43. The van der Waals surface area contributed by atoms with E-state index < -0.39 is 5.82 Å². The molecule has 1 aromatic carbocycles. The van der Waals surface area contributed by atoms with Crippen LogP contribution in [0.1, 0.15) is 10.5 Å². The summed E-state index contributed by atoms with van der Waals surface area (Å²) in [6.45, 7) is 0.746. The van der Waals surface area contributed by atoms with Gasteiger partial charge in [-0.2, -0.15) is 10.2 Å². The second kappa shape index (κ2) is 7.48. The summed E-state index contributed by atoms with van der Waals surface area (Å²) in [5.74, 6) is -0.535. The molecule has 10 heteroatoms. The van der Waals surface area contributed by atoms with Crippen LogP contribution < -0.4 is 11.1 Å². The number of aromatic nitrogens is 6. The van der Waals surface area contributed by atoms with Gasteiger partial charge < -0.3 is 11.1 Å². The van der Waals surface area contributed by atoms with E-state index in [0.29, 0.717) is 24.4 Å². The Labute approximate surface area is 175 Å². The first-order valence-electron chi connectivity index (χ1n) is 9.54. The van der Waals surface area contributed by atoms with Gasteiger partial charge >= 0.3 is 0 Å². The first-order chi connectivity index (χ1) is 15.1. The number of pyridine rings is 2. The zero-order valence-electron chi connectivity index (χ0n) is 16.2. The molecule has 0 spiro atoms. The van der Waals surface area contributed by atoms with Gasteiger partial charge in [0, 0.05) is 35.3 Å². The minimum atomic E-state index is -0.491. The van der Waals surface area contributed by atoms with Gasteiger partial charge in [-0.05, 0) is 24.3 Å². The summed E-state index contributed by atoms with van der Waals surface area (Å²) in [6.07, 6.45) is 4.58. The standard InChI is InChI=1S/C21H17FN8O/c22-13-2-4-17(25-10-13)21(31)24-7-8-30-11-15-14-3-1-12(16-5-6-26-28-16)9-18(14)27-20(23)19(15)29-30/h1-6,9-11H,7-8H2,(H2,23,27)(H,24,31)(H,26,28). The maximum Gasteiger partial charge on any atom is 0.269 e. The molecule has 0 saturated carbocycles. The summed E-state index contributed by atoms with van der Waals surface area (Å²) in [5.41, 5.74) is 9.52. The van der Waals surface area contributed by atoms with E-state index in [1.807, 2.05) is 30.5 Å². The van der Waals surface area contributed by atoms with Crippen molar-refractivity contribution in [3.8, 4) is 11.3 Å². The number of hydrogen-bond acceptors (Lipinski definition) is 6. The molecule has 0 aliphatic rings. The molecular formula is C21H17FN8O. The van der Waals surface area contributed by atoms with Crippen molar-refractivity contribution in [3.05, 3.63) is 66.5 Å². The Balaban J connectivity index is 1.37. The molecule has 0 atom stereocenters. The van der Waals surface area contributed by atoms with Crippen LogP contribution in [0, 0.1) is 5.82 Å². The SMILES string of the molecule is Nc1nc2cc(-c3ccn[nH]3)ccc2c2cn(CCNC(=O)c3ccc(F)cn3)nc12. The van der Waals surface area contributed by atoms with Gasteiger partial charge in [0.25, 0.3) is 5.91 Å². The first-order valence-corrected chi connectivity index (χ1v) is 9.54. The van der Waals surface area contributed by atoms with Crippen LogP contribution in [0.15, 0.2) is 55.0 Å². The number of halogens is 1. The third-order valence-electron chi connectivity index (χ3n) is 4.93. The molecule has 0 aliphatic carbocycles. The van der Waals surface area contributed by atoms with Crippen molar-refractivity contribution in [2.45, 2.75) is 6.54 Å². The number of nitrogen functional groups attached to an aromatic ring is 1. The van der Waals surface area contributed by atoms with Crippen molar-refractivity contribution in [3.63, 3.8) is 0 Å². The number of nitrogens with zero attached hydrogens (tertiary/aromatic N) is 5. The van der Waals surface area contributed by atoms with Crippen molar-refractivity contribution >= 4 is 33.5 Å². The summed E-state index contributed by atoms with van der Waals surface area (Å²) in [7, 11) is 0. The monoisotopic (exact) mass is 416 g/mol. The van der Waals surface area contributed by atoms with E-state index in [0.717, 1.165) is 33.7 Å². The number of nitrogens with one attached hydrogen (secondary N) is 2. The zero-order valence-corrected chi connectivity index (χ0v) is 16.2. The number of H-pyrrole nitrogens is 1. The Morgan fingerprint density at radius 1 is 1.19 bits per heavy atom. The van der Waals surface area contributed by atoms with Gasteiger partial charge in [0.15, 0.2) is 5.82 Å². The summed E-state index contributed by atoms with van der Waals surface area (Å²) >= 11 is 0. The highest BCUT2D eigenvalue weighted by atomic mass is 19.1. The molecule has 0 fully saturated rings. The molecule has 5 aromatic rings. The highest BCUT2D eigenvalue weighted by molar-refractivity contribution is 6.08. The van der Waals surface area contributed by atoms with Gasteiger partial charge in [-0.1, -0.05) is 12.1 Å². The molecule has 9 nitrogen and oxygen atoms in total. The average molecular weight is 416 g/mol. The van der Waals surface area contributed by atoms with Crippen LogP contribution in [0.2, 0.25) is 0 Å². The van der Waals surface area contributed by atoms with Gasteiger partial charge in [0.2, 0.25) is 0 Å². The molecule has 0 radical (unpaired) electrons. The van der Waals surface area contributed by atoms with E-state index >= 15 is 0 Å². The number of benzene rings is 1. The fraction of sp³-hybridized carbons (Fsp3) is 0.0952. The lowest BCUT2D eigenvalue weighted by molar-refractivity contribution is 0.0947. The Morgan fingerprint density at radius 2 is 2.10 bits per heavy atom. The maximum absolute atomic E-state index is 12.9. The van der Waals surface area contributed by atoms with Gasteiger partial charge in [0.05, 0.1) is 24.0 Å². The number of nitrogens with two attached hydrogens (primary N) is 1. The smallest absolute Gasteiger partial charge is 0.269 e. The van der Waals surface area contributed by atoms with E-state index in [1.165, 1.54) is 12.1 Å². The predicted molar refractivity (Wildman–Crippen MR) is 114 cm³/mol. The summed E-state index contributed by atoms with van der Waals surface area (Å²) in [6, 6.07) is 10.3. The lowest BCUT2D eigenvalue weighted by Crippen LogP contribution is -2.28. The molecule has 0 bridgehead atoms. The number of carbonyl (C=O) groups excluding carboxylic acids is 1. The van der Waals surface area contributed by atoms with Crippen LogP contribution in [0.25, 0.3) is 33.1 Å². The third-order valence-corrected chi connectivity index (χ3v) is 4.93. The average Bonchev–Trinajstić information content (AvgIpc) is 3.44. The molecule has 0 unspecified atom stereocenters. The number of rotatable bonds is 5. The van der Waals surface area contributed by atoms with Crippen molar-refractivity contribution in [1.29, 1.82) is 0 Å². The lowest BCUT2D eigenvalue weighted by Gasteiger charge is -2.04. The van der Waals surface area contributed by atoms with Crippen LogP contribution in [0.5, 0.6) is 0 Å². The molecule has 5 rings (SSSR count). The summed E-state index contributed by atoms with van der Waals surface area (Å²) in [4.78, 5) is 20.4. The van der Waals surface area contributed by atoms with Gasteiger partial charge in [-0.15, -0.1) is 0 Å². The molecule has 4 heterocycles. The quantitative estimate of drug-likeness (QED) is 0.404. The Hall–Kier alpha value is -4.34. The van der Waals surface area contributed by atoms with Crippen LogP contribution in [-0.4, -0.2) is 42.4 Å². The van der Waals surface area contributed by atoms with E-state index in [2.05, 4.69) is 30.6 Å².